The minimum Gasteiger partial charge on any atom is -0.442 e. The number of aryl methyl sites for hydroxylation is 2. The number of aromatic nitrogens is 2. The highest BCUT2D eigenvalue weighted by Gasteiger charge is 2.15. The molecule has 2 heterocycles. The Balaban J connectivity index is 1.96. The van der Waals surface area contributed by atoms with E-state index in [0.717, 1.165) is 22.4 Å². The average Bonchev–Trinajstić information content (AvgIpc) is 2.86. The standard InChI is InChI=1S/C14H14N4O2/c1-9-7-10(12-8-20-14(19)17-16-12)3-4-11(9)13-5-6-15-18(13)2/h3-7H,8H2,1-2H3,(H,17,19). The molecule has 3 rings (SSSR count). The van der Waals surface area contributed by atoms with E-state index in [1.165, 1.54) is 0 Å². The van der Waals surface area contributed by atoms with Crippen LogP contribution < -0.4 is 5.43 Å². The lowest BCUT2D eigenvalue weighted by molar-refractivity contribution is 0.157. The number of benzene rings is 1. The first-order valence-corrected chi connectivity index (χ1v) is 6.24. The number of ether oxygens (including phenoxy) is 1. The Kier molecular flexibility index (Phi) is 2.98. The molecule has 0 atom stereocenters. The molecular weight excluding hydrogens is 256 g/mol. The van der Waals surface area contributed by atoms with Crippen LogP contribution in [-0.4, -0.2) is 28.2 Å². The van der Waals surface area contributed by atoms with Crippen molar-refractivity contribution in [1.82, 2.24) is 15.2 Å². The van der Waals surface area contributed by atoms with Gasteiger partial charge in [-0.1, -0.05) is 12.1 Å². The molecule has 1 amide bonds. The summed E-state index contributed by atoms with van der Waals surface area (Å²) in [6, 6.07) is 8.00. The van der Waals surface area contributed by atoms with E-state index >= 15 is 0 Å². The lowest BCUT2D eigenvalue weighted by Gasteiger charge is -2.14. The van der Waals surface area contributed by atoms with Gasteiger partial charge >= 0.3 is 6.09 Å². The Bertz CT molecular complexity index is 703. The van der Waals surface area contributed by atoms with Crippen LogP contribution >= 0.6 is 0 Å². The van der Waals surface area contributed by atoms with E-state index in [1.54, 1.807) is 6.20 Å². The third kappa shape index (κ3) is 2.16. The van der Waals surface area contributed by atoms with E-state index < -0.39 is 6.09 Å². The number of nitrogens with one attached hydrogen (secondary N) is 1. The summed E-state index contributed by atoms with van der Waals surface area (Å²) >= 11 is 0. The van der Waals surface area contributed by atoms with Gasteiger partial charge in [0.1, 0.15) is 12.3 Å². The van der Waals surface area contributed by atoms with Crippen LogP contribution in [0.1, 0.15) is 11.1 Å². The second kappa shape index (κ2) is 4.80. The number of nitrogens with zero attached hydrogens (tertiary/aromatic N) is 3. The van der Waals surface area contributed by atoms with E-state index in [0.29, 0.717) is 5.71 Å². The second-order valence-corrected chi connectivity index (χ2v) is 4.62. The molecule has 1 aliphatic heterocycles. The molecule has 1 N–H and O–H groups in total. The zero-order chi connectivity index (χ0) is 14.1. The minimum absolute atomic E-state index is 0.191. The second-order valence-electron chi connectivity index (χ2n) is 4.62. The molecule has 0 fully saturated rings. The molecule has 1 aliphatic rings. The number of rotatable bonds is 2. The van der Waals surface area contributed by atoms with Gasteiger partial charge in [-0.3, -0.25) is 4.68 Å². The Hall–Kier alpha value is -2.63. The molecule has 20 heavy (non-hydrogen) atoms. The predicted octanol–water partition coefficient (Wildman–Crippen LogP) is 1.84. The van der Waals surface area contributed by atoms with Crippen LogP contribution in [0.15, 0.2) is 35.6 Å². The molecule has 0 aliphatic carbocycles. The van der Waals surface area contributed by atoms with Crippen molar-refractivity contribution in [3.05, 3.63) is 41.6 Å². The number of hydrogen-bond acceptors (Lipinski definition) is 4. The highest BCUT2D eigenvalue weighted by molar-refractivity contribution is 6.04. The van der Waals surface area contributed by atoms with E-state index in [2.05, 4.69) is 15.6 Å². The summed E-state index contributed by atoms with van der Waals surface area (Å²) in [7, 11) is 1.91. The van der Waals surface area contributed by atoms with Crippen LogP contribution in [0.5, 0.6) is 0 Å². The average molecular weight is 270 g/mol. The molecule has 0 bridgehead atoms. The number of hydrogen-bond donors (Lipinski definition) is 1. The van der Waals surface area contributed by atoms with Crippen LogP contribution in [0, 0.1) is 6.92 Å². The number of carbonyl (C=O) groups is 1. The highest BCUT2D eigenvalue weighted by atomic mass is 16.6. The van der Waals surface area contributed by atoms with Gasteiger partial charge in [0.25, 0.3) is 0 Å². The van der Waals surface area contributed by atoms with Gasteiger partial charge in [-0.15, -0.1) is 0 Å². The molecule has 0 radical (unpaired) electrons. The zero-order valence-electron chi connectivity index (χ0n) is 11.3. The van der Waals surface area contributed by atoms with E-state index in [4.69, 9.17) is 4.74 Å². The van der Waals surface area contributed by atoms with Crippen molar-refractivity contribution >= 4 is 11.8 Å². The van der Waals surface area contributed by atoms with Crippen LogP contribution in [0.2, 0.25) is 0 Å². The fraction of sp³-hybridized carbons (Fsp3) is 0.214. The summed E-state index contributed by atoms with van der Waals surface area (Å²) in [5, 5.41) is 8.19. The summed E-state index contributed by atoms with van der Waals surface area (Å²) in [6.45, 7) is 2.23. The number of carbonyl (C=O) groups excluding carboxylic acids is 1. The Morgan fingerprint density at radius 3 is 2.80 bits per heavy atom. The van der Waals surface area contributed by atoms with Crippen molar-refractivity contribution < 1.29 is 9.53 Å². The van der Waals surface area contributed by atoms with Gasteiger partial charge in [-0.25, -0.2) is 10.2 Å². The zero-order valence-corrected chi connectivity index (χ0v) is 11.3. The summed E-state index contributed by atoms with van der Waals surface area (Å²) in [6.07, 6.45) is 1.26. The molecule has 1 aromatic heterocycles. The van der Waals surface area contributed by atoms with E-state index in [1.807, 2.05) is 42.9 Å². The van der Waals surface area contributed by atoms with Gasteiger partial charge in [0.15, 0.2) is 0 Å². The summed E-state index contributed by atoms with van der Waals surface area (Å²) < 4.78 is 6.75. The summed E-state index contributed by atoms with van der Waals surface area (Å²) in [5.74, 6) is 0. The largest absolute Gasteiger partial charge is 0.442 e. The lowest BCUT2D eigenvalue weighted by atomic mass is 10.0. The highest BCUT2D eigenvalue weighted by Crippen LogP contribution is 2.24. The third-order valence-corrected chi connectivity index (χ3v) is 3.28. The van der Waals surface area contributed by atoms with Crippen LogP contribution in [0.3, 0.4) is 0 Å². The lowest BCUT2D eigenvalue weighted by Crippen LogP contribution is -2.30. The minimum atomic E-state index is -0.517. The predicted molar refractivity (Wildman–Crippen MR) is 74.4 cm³/mol. The van der Waals surface area contributed by atoms with Crippen LogP contribution in [0.25, 0.3) is 11.3 Å². The van der Waals surface area contributed by atoms with Gasteiger partial charge in [0.2, 0.25) is 0 Å². The number of hydrazone groups is 1. The molecule has 0 saturated heterocycles. The SMILES string of the molecule is Cc1cc(C2=NNC(=O)OC2)ccc1-c1ccnn1C. The molecule has 0 spiro atoms. The topological polar surface area (TPSA) is 68.5 Å². The van der Waals surface area contributed by atoms with Crippen molar-refractivity contribution in [1.29, 1.82) is 0 Å². The molecule has 2 aromatic rings. The molecule has 6 nitrogen and oxygen atoms in total. The smallest absolute Gasteiger partial charge is 0.428 e. The summed E-state index contributed by atoms with van der Waals surface area (Å²) in [5.41, 5.74) is 7.26. The molecule has 6 heteroatoms. The van der Waals surface area contributed by atoms with Crippen molar-refractivity contribution in [2.24, 2.45) is 12.1 Å². The van der Waals surface area contributed by atoms with Gasteiger partial charge in [-0.2, -0.15) is 10.2 Å². The first-order valence-electron chi connectivity index (χ1n) is 6.24. The number of cyclic esters (lactones) is 1. The monoisotopic (exact) mass is 270 g/mol. The normalized spacial score (nSPS) is 14.5. The molecule has 1 aromatic carbocycles. The quantitative estimate of drug-likeness (QED) is 0.905. The molecular formula is C14H14N4O2. The van der Waals surface area contributed by atoms with Crippen LogP contribution in [0.4, 0.5) is 4.79 Å². The number of amides is 1. The molecule has 102 valence electrons. The fourth-order valence-electron chi connectivity index (χ4n) is 2.23. The molecule has 0 unspecified atom stereocenters. The third-order valence-electron chi connectivity index (χ3n) is 3.28. The van der Waals surface area contributed by atoms with Crippen molar-refractivity contribution in [3.8, 4) is 11.3 Å². The first-order chi connectivity index (χ1) is 9.65. The van der Waals surface area contributed by atoms with Gasteiger partial charge in [-0.05, 0) is 24.6 Å². The Labute approximate surface area is 116 Å². The van der Waals surface area contributed by atoms with Gasteiger partial charge in [0, 0.05) is 24.4 Å². The van der Waals surface area contributed by atoms with E-state index in [9.17, 15) is 4.79 Å². The Morgan fingerprint density at radius 2 is 2.20 bits per heavy atom. The fourth-order valence-corrected chi connectivity index (χ4v) is 2.23. The van der Waals surface area contributed by atoms with E-state index in [-0.39, 0.29) is 6.61 Å². The van der Waals surface area contributed by atoms with Crippen molar-refractivity contribution in [3.63, 3.8) is 0 Å². The maximum Gasteiger partial charge on any atom is 0.428 e. The molecule has 0 saturated carbocycles. The summed E-state index contributed by atoms with van der Waals surface area (Å²) in [4.78, 5) is 10.9. The van der Waals surface area contributed by atoms with Crippen molar-refractivity contribution in [2.75, 3.05) is 6.61 Å². The van der Waals surface area contributed by atoms with Crippen molar-refractivity contribution in [2.45, 2.75) is 6.92 Å². The Morgan fingerprint density at radius 1 is 1.35 bits per heavy atom. The maximum atomic E-state index is 10.9. The first kappa shape index (κ1) is 12.4. The van der Waals surface area contributed by atoms with Crippen LogP contribution in [-0.2, 0) is 11.8 Å². The van der Waals surface area contributed by atoms with Gasteiger partial charge < -0.3 is 4.74 Å². The van der Waals surface area contributed by atoms with Gasteiger partial charge in [0.05, 0.1) is 5.69 Å². The maximum absolute atomic E-state index is 10.9.